The summed E-state index contributed by atoms with van der Waals surface area (Å²) in [5, 5.41) is -0.398. The van der Waals surface area contributed by atoms with Crippen molar-refractivity contribution in [2.24, 2.45) is 0 Å². The summed E-state index contributed by atoms with van der Waals surface area (Å²) in [5.41, 5.74) is 11.5. The third-order valence-corrected chi connectivity index (χ3v) is 6.24. The van der Waals surface area contributed by atoms with E-state index in [1.165, 1.54) is 38.1 Å². The monoisotopic (exact) mass is 503 g/mol. The molecule has 0 spiro atoms. The molecule has 27 heavy (non-hydrogen) atoms. The molecule has 0 bridgehead atoms. The van der Waals surface area contributed by atoms with Crippen molar-refractivity contribution in [1.82, 2.24) is 0 Å². The second kappa shape index (κ2) is 9.44. The zero-order valence-electron chi connectivity index (χ0n) is 13.8. The number of nitrogen functional groups attached to an aromatic ring is 2. The van der Waals surface area contributed by atoms with Crippen molar-refractivity contribution in [3.8, 4) is 0 Å². The molecular weight excluding hydrogens is 491 g/mol. The van der Waals surface area contributed by atoms with Crippen LogP contribution in [0.2, 0.25) is 10.0 Å². The third-order valence-electron chi connectivity index (χ3n) is 3.15. The van der Waals surface area contributed by atoms with E-state index < -0.39 is 30.0 Å². The molecule has 0 saturated carbocycles. The minimum absolute atomic E-state index is 0. The van der Waals surface area contributed by atoms with Gasteiger partial charge in [-0.3, -0.25) is 0 Å². The largest absolute Gasteiger partial charge is 2.00 e. The zero-order valence-corrected chi connectivity index (χ0v) is 17.9. The Hall–Kier alpha value is -1.04. The number of hydrogen-bond acceptors (Lipinski definition) is 8. The molecule has 2 rings (SSSR count). The molecule has 0 heterocycles. The van der Waals surface area contributed by atoms with Crippen LogP contribution < -0.4 is 11.5 Å². The van der Waals surface area contributed by atoms with Crippen LogP contribution in [-0.2, 0) is 37.3 Å². The predicted molar refractivity (Wildman–Crippen MR) is 97.1 cm³/mol. The van der Waals surface area contributed by atoms with E-state index in [1.807, 2.05) is 0 Å². The van der Waals surface area contributed by atoms with Gasteiger partial charge in [0.2, 0.25) is 0 Å². The molecule has 0 atom stereocenters. The molecule has 2 aromatic carbocycles. The Morgan fingerprint density at radius 2 is 1.00 bits per heavy atom. The molecule has 0 saturated heterocycles. The van der Waals surface area contributed by atoms with Gasteiger partial charge in [0.25, 0.3) is 0 Å². The Kier molecular flexibility index (Phi) is 9.08. The van der Waals surface area contributed by atoms with Gasteiger partial charge in [0.1, 0.15) is 20.2 Å². The molecule has 0 fully saturated rings. The average Bonchev–Trinajstić information content (AvgIpc) is 2.45. The molecular formula is C14H14Cl2CuN2O6S2. The second-order valence-corrected chi connectivity index (χ2v) is 8.53. The smallest absolute Gasteiger partial charge is 0.744 e. The van der Waals surface area contributed by atoms with Gasteiger partial charge in [0.05, 0.1) is 31.2 Å². The second-order valence-electron chi connectivity index (χ2n) is 5.14. The van der Waals surface area contributed by atoms with Crippen molar-refractivity contribution in [3.63, 3.8) is 0 Å². The SMILES string of the molecule is Cc1ccc(N)c(Cl)c1S(=O)(=O)[O-].Cc1ccc(N)c(Cl)c1S(=O)(=O)[O-].[Cu+2]. The minimum Gasteiger partial charge on any atom is -0.744 e. The molecule has 2 aromatic rings. The van der Waals surface area contributed by atoms with Crippen molar-refractivity contribution in [3.05, 3.63) is 45.4 Å². The van der Waals surface area contributed by atoms with Crippen molar-refractivity contribution < 1.29 is 43.0 Å². The van der Waals surface area contributed by atoms with Crippen LogP contribution in [0.25, 0.3) is 0 Å². The number of hydrogen-bond donors (Lipinski definition) is 2. The Bertz CT molecular complexity index is 974. The Labute approximate surface area is 177 Å². The van der Waals surface area contributed by atoms with E-state index in [0.717, 1.165) is 0 Å². The summed E-state index contributed by atoms with van der Waals surface area (Å²) in [6, 6.07) is 5.77. The van der Waals surface area contributed by atoms with Crippen LogP contribution in [0, 0.1) is 13.8 Å². The Morgan fingerprint density at radius 1 is 0.741 bits per heavy atom. The van der Waals surface area contributed by atoms with Gasteiger partial charge in [0.15, 0.2) is 0 Å². The molecule has 1 radical (unpaired) electrons. The van der Waals surface area contributed by atoms with Gasteiger partial charge in [-0.15, -0.1) is 0 Å². The van der Waals surface area contributed by atoms with Gasteiger partial charge in [-0.05, 0) is 37.1 Å². The van der Waals surface area contributed by atoms with E-state index in [1.54, 1.807) is 0 Å². The maximum atomic E-state index is 10.7. The van der Waals surface area contributed by atoms with Gasteiger partial charge in [-0.25, -0.2) is 16.8 Å². The van der Waals surface area contributed by atoms with Gasteiger partial charge in [-0.2, -0.15) is 0 Å². The normalized spacial score (nSPS) is 11.2. The van der Waals surface area contributed by atoms with Crippen molar-refractivity contribution in [2.75, 3.05) is 11.5 Å². The number of rotatable bonds is 2. The summed E-state index contributed by atoms with van der Waals surface area (Å²) in [4.78, 5) is -0.872. The maximum Gasteiger partial charge on any atom is 2.00 e. The van der Waals surface area contributed by atoms with Crippen LogP contribution in [0.1, 0.15) is 11.1 Å². The quantitative estimate of drug-likeness (QED) is 0.357. The fourth-order valence-electron chi connectivity index (χ4n) is 1.95. The molecule has 13 heteroatoms. The van der Waals surface area contributed by atoms with E-state index in [4.69, 9.17) is 34.7 Å². The molecule has 0 unspecified atom stereocenters. The predicted octanol–water partition coefficient (Wildman–Crippen LogP) is 2.27. The van der Waals surface area contributed by atoms with Gasteiger partial charge in [0, 0.05) is 0 Å². The van der Waals surface area contributed by atoms with Crippen LogP contribution in [0.15, 0.2) is 34.1 Å². The van der Waals surface area contributed by atoms with Crippen LogP contribution in [0.3, 0.4) is 0 Å². The number of halogens is 2. The third kappa shape index (κ3) is 6.51. The van der Waals surface area contributed by atoms with Crippen LogP contribution in [0.4, 0.5) is 11.4 Å². The topological polar surface area (TPSA) is 166 Å². The standard InChI is InChI=1S/2C7H8ClNO3S.Cu/c2*1-4-2-3-5(9)6(8)7(4)13(10,11)12;/h2*2-3H,9H2,1H3,(H,10,11,12);/q;;+2/p-2. The number of aryl methyl sites for hydroxylation is 2. The number of nitrogens with two attached hydrogens (primary N) is 2. The molecule has 0 aliphatic heterocycles. The molecule has 0 aromatic heterocycles. The van der Waals surface area contributed by atoms with E-state index in [9.17, 15) is 25.9 Å². The summed E-state index contributed by atoms with van der Waals surface area (Å²) in [5.74, 6) is 0. The summed E-state index contributed by atoms with van der Waals surface area (Å²) >= 11 is 11.2. The molecule has 153 valence electrons. The van der Waals surface area contributed by atoms with E-state index in [2.05, 4.69) is 0 Å². The number of anilines is 2. The first kappa shape index (κ1) is 26.0. The van der Waals surface area contributed by atoms with Crippen LogP contribution in [-0.4, -0.2) is 25.9 Å². The van der Waals surface area contributed by atoms with Crippen LogP contribution >= 0.6 is 23.2 Å². The summed E-state index contributed by atoms with van der Waals surface area (Å²) < 4.78 is 64.4. The Morgan fingerprint density at radius 3 is 1.19 bits per heavy atom. The molecule has 0 aliphatic carbocycles. The molecule has 4 N–H and O–H groups in total. The number of benzene rings is 2. The first-order valence-electron chi connectivity index (χ1n) is 6.68. The van der Waals surface area contributed by atoms with Crippen molar-refractivity contribution in [1.29, 1.82) is 0 Å². The van der Waals surface area contributed by atoms with Gasteiger partial charge in [-0.1, -0.05) is 35.3 Å². The summed E-state index contributed by atoms with van der Waals surface area (Å²) in [7, 11) is -9.10. The molecule has 0 amide bonds. The first-order valence-corrected chi connectivity index (χ1v) is 10.3. The van der Waals surface area contributed by atoms with Crippen molar-refractivity contribution in [2.45, 2.75) is 23.6 Å². The fourth-order valence-corrected chi connectivity index (χ4v) is 4.54. The zero-order chi connectivity index (χ0) is 20.4. The van der Waals surface area contributed by atoms with Crippen molar-refractivity contribution >= 4 is 54.8 Å². The van der Waals surface area contributed by atoms with Gasteiger partial charge < -0.3 is 20.6 Å². The summed E-state index contributed by atoms with van der Waals surface area (Å²) in [6.45, 7) is 2.96. The van der Waals surface area contributed by atoms with Gasteiger partial charge >= 0.3 is 17.1 Å². The van der Waals surface area contributed by atoms with E-state index in [-0.39, 0.29) is 38.5 Å². The fraction of sp³-hybridized carbons (Fsp3) is 0.143. The Balaban J connectivity index is 0.000000483. The molecule has 8 nitrogen and oxygen atoms in total. The average molecular weight is 505 g/mol. The van der Waals surface area contributed by atoms with E-state index >= 15 is 0 Å². The van der Waals surface area contributed by atoms with E-state index in [0.29, 0.717) is 11.1 Å². The summed E-state index contributed by atoms with van der Waals surface area (Å²) in [6.07, 6.45) is 0. The van der Waals surface area contributed by atoms with Crippen LogP contribution in [0.5, 0.6) is 0 Å². The molecule has 0 aliphatic rings. The minimum atomic E-state index is -4.55. The maximum absolute atomic E-state index is 10.7. The first-order chi connectivity index (χ1) is 11.7.